The first-order valence-corrected chi connectivity index (χ1v) is 19.1. The molecule has 0 unspecified atom stereocenters. The van der Waals surface area contributed by atoms with Crippen molar-refractivity contribution in [2.75, 3.05) is 19.6 Å². The minimum Gasteiger partial charge on any atom is -0.303 e. The van der Waals surface area contributed by atoms with Gasteiger partial charge in [0.25, 0.3) is 0 Å². The molecule has 1 nitrogen and oxygen atoms in total. The molecule has 0 rings (SSSR count). The highest BCUT2D eigenvalue weighted by Crippen LogP contribution is 2.15. The zero-order valence-corrected chi connectivity index (χ0v) is 28.2. The average Bonchev–Trinajstić information content (AvgIpc) is 2.95. The van der Waals surface area contributed by atoms with Crippen molar-refractivity contribution in [3.05, 3.63) is 0 Å². The predicted octanol–water partition coefficient (Wildman–Crippen LogP) is 13.8. The summed E-state index contributed by atoms with van der Waals surface area (Å²) >= 11 is 0. The zero-order chi connectivity index (χ0) is 28.3. The molecule has 0 atom stereocenters. The van der Waals surface area contributed by atoms with E-state index in [0.717, 1.165) is 0 Å². The summed E-state index contributed by atoms with van der Waals surface area (Å²) in [4.78, 5) is 2.85. The molecule has 0 bridgehead atoms. The van der Waals surface area contributed by atoms with E-state index in [1.165, 1.54) is 225 Å². The van der Waals surface area contributed by atoms with E-state index in [1.807, 2.05) is 0 Å². The summed E-state index contributed by atoms with van der Waals surface area (Å²) in [5, 5.41) is 0. The summed E-state index contributed by atoms with van der Waals surface area (Å²) in [6.45, 7) is 11.0. The Kier molecular flexibility index (Phi) is 35.9. The van der Waals surface area contributed by atoms with Crippen molar-refractivity contribution in [2.45, 2.75) is 226 Å². The monoisotopic (exact) mass is 550 g/mol. The molecule has 0 saturated heterocycles. The maximum atomic E-state index is 2.85. The number of hydrogen-bond donors (Lipinski definition) is 0. The van der Waals surface area contributed by atoms with E-state index in [2.05, 4.69) is 25.7 Å². The highest BCUT2D eigenvalue weighted by atomic mass is 15.1. The van der Waals surface area contributed by atoms with Crippen LogP contribution >= 0.6 is 0 Å². The summed E-state index contributed by atoms with van der Waals surface area (Å²) in [5.41, 5.74) is 0. The Labute approximate surface area is 250 Å². The molecule has 0 aromatic heterocycles. The SMILES string of the molecule is CCCCCCCCCCCCCCCCN(CCCCCCCCCCC)CCCCCCCCCCC. The van der Waals surface area contributed by atoms with Gasteiger partial charge in [0.15, 0.2) is 0 Å². The van der Waals surface area contributed by atoms with Gasteiger partial charge in [-0.1, -0.05) is 207 Å². The molecular formula is C38H79N. The van der Waals surface area contributed by atoms with Crippen molar-refractivity contribution in [1.82, 2.24) is 4.90 Å². The Morgan fingerprint density at radius 1 is 0.205 bits per heavy atom. The number of rotatable bonds is 35. The second-order valence-electron chi connectivity index (χ2n) is 13.1. The van der Waals surface area contributed by atoms with Crippen LogP contribution in [-0.4, -0.2) is 24.5 Å². The molecule has 0 aliphatic carbocycles. The molecule has 0 aliphatic rings. The number of hydrogen-bond acceptors (Lipinski definition) is 1. The fourth-order valence-electron chi connectivity index (χ4n) is 6.16. The summed E-state index contributed by atoms with van der Waals surface area (Å²) < 4.78 is 0. The smallest absolute Gasteiger partial charge is 0.00187 e. The van der Waals surface area contributed by atoms with Gasteiger partial charge in [0, 0.05) is 0 Å². The first kappa shape index (κ1) is 39.0. The van der Waals surface area contributed by atoms with Gasteiger partial charge in [-0.3, -0.25) is 0 Å². The summed E-state index contributed by atoms with van der Waals surface area (Å²) in [7, 11) is 0. The Balaban J connectivity index is 3.82. The maximum Gasteiger partial charge on any atom is -0.00187 e. The van der Waals surface area contributed by atoms with Crippen LogP contribution in [-0.2, 0) is 0 Å². The second-order valence-corrected chi connectivity index (χ2v) is 13.1. The Hall–Kier alpha value is -0.0400. The molecule has 0 spiro atoms. The zero-order valence-electron chi connectivity index (χ0n) is 28.2. The third kappa shape index (κ3) is 34.1. The quantitative estimate of drug-likeness (QED) is 0.0710. The van der Waals surface area contributed by atoms with Crippen LogP contribution in [0.4, 0.5) is 0 Å². The number of nitrogens with zero attached hydrogens (tertiary/aromatic N) is 1. The van der Waals surface area contributed by atoms with Crippen molar-refractivity contribution in [3.63, 3.8) is 0 Å². The highest BCUT2D eigenvalue weighted by Gasteiger charge is 2.05. The summed E-state index contributed by atoms with van der Waals surface area (Å²) in [5.74, 6) is 0. The van der Waals surface area contributed by atoms with Gasteiger partial charge in [0.2, 0.25) is 0 Å². The molecule has 0 fully saturated rings. The lowest BCUT2D eigenvalue weighted by Crippen LogP contribution is -2.27. The molecule has 0 aromatic carbocycles. The molecule has 1 heteroatoms. The first-order chi connectivity index (χ1) is 19.3. The Morgan fingerprint density at radius 3 is 0.538 bits per heavy atom. The van der Waals surface area contributed by atoms with E-state index in [1.54, 1.807) is 0 Å². The molecule has 0 aromatic rings. The molecule has 0 saturated carbocycles. The summed E-state index contributed by atoms with van der Waals surface area (Å²) in [6.07, 6.45) is 46.6. The van der Waals surface area contributed by atoms with Crippen LogP contribution in [0.2, 0.25) is 0 Å². The minimum atomic E-state index is 1.37. The van der Waals surface area contributed by atoms with Gasteiger partial charge in [-0.15, -0.1) is 0 Å². The third-order valence-electron chi connectivity index (χ3n) is 8.98. The predicted molar refractivity (Wildman–Crippen MR) is 181 cm³/mol. The van der Waals surface area contributed by atoms with Crippen LogP contribution in [0.5, 0.6) is 0 Å². The van der Waals surface area contributed by atoms with E-state index in [0.29, 0.717) is 0 Å². The van der Waals surface area contributed by atoms with E-state index in [-0.39, 0.29) is 0 Å². The molecule has 0 amide bonds. The molecule has 0 N–H and O–H groups in total. The van der Waals surface area contributed by atoms with Crippen LogP contribution in [0.15, 0.2) is 0 Å². The van der Waals surface area contributed by atoms with Crippen LogP contribution in [0, 0.1) is 0 Å². The normalized spacial score (nSPS) is 11.7. The fourth-order valence-corrected chi connectivity index (χ4v) is 6.16. The topological polar surface area (TPSA) is 3.24 Å². The lowest BCUT2D eigenvalue weighted by atomic mass is 10.0. The van der Waals surface area contributed by atoms with Crippen LogP contribution in [0.1, 0.15) is 226 Å². The van der Waals surface area contributed by atoms with Crippen molar-refractivity contribution in [1.29, 1.82) is 0 Å². The Bertz CT molecular complexity index is 384. The molecule has 39 heavy (non-hydrogen) atoms. The van der Waals surface area contributed by atoms with Gasteiger partial charge >= 0.3 is 0 Å². The Morgan fingerprint density at radius 2 is 0.359 bits per heavy atom. The lowest BCUT2D eigenvalue weighted by Gasteiger charge is -2.22. The second kappa shape index (κ2) is 36.0. The van der Waals surface area contributed by atoms with Crippen LogP contribution < -0.4 is 0 Å². The molecule has 236 valence electrons. The maximum absolute atomic E-state index is 2.85. The molecule has 0 aliphatic heterocycles. The van der Waals surface area contributed by atoms with Crippen molar-refractivity contribution in [2.24, 2.45) is 0 Å². The number of unbranched alkanes of at least 4 members (excludes halogenated alkanes) is 29. The van der Waals surface area contributed by atoms with Gasteiger partial charge < -0.3 is 4.90 Å². The van der Waals surface area contributed by atoms with Gasteiger partial charge in [-0.05, 0) is 38.9 Å². The van der Waals surface area contributed by atoms with Gasteiger partial charge in [-0.2, -0.15) is 0 Å². The minimum absolute atomic E-state index is 1.37. The molecule has 0 heterocycles. The lowest BCUT2D eigenvalue weighted by molar-refractivity contribution is 0.254. The van der Waals surface area contributed by atoms with Gasteiger partial charge in [-0.25, -0.2) is 0 Å². The average molecular weight is 550 g/mol. The first-order valence-electron chi connectivity index (χ1n) is 19.1. The van der Waals surface area contributed by atoms with E-state index in [9.17, 15) is 0 Å². The van der Waals surface area contributed by atoms with Gasteiger partial charge in [0.05, 0.1) is 0 Å². The van der Waals surface area contributed by atoms with Crippen molar-refractivity contribution in [3.8, 4) is 0 Å². The van der Waals surface area contributed by atoms with Crippen LogP contribution in [0.25, 0.3) is 0 Å². The standard InChI is InChI=1S/C38H79N/c1-4-7-10-13-16-19-20-21-22-23-26-29-32-35-38-39(36-33-30-27-24-17-14-11-8-5-2)37-34-31-28-25-18-15-12-9-6-3/h4-38H2,1-3H3. The van der Waals surface area contributed by atoms with E-state index >= 15 is 0 Å². The van der Waals surface area contributed by atoms with Crippen molar-refractivity contribution >= 4 is 0 Å². The highest BCUT2D eigenvalue weighted by molar-refractivity contribution is 4.61. The van der Waals surface area contributed by atoms with E-state index in [4.69, 9.17) is 0 Å². The summed E-state index contributed by atoms with van der Waals surface area (Å²) in [6, 6.07) is 0. The molecular weight excluding hydrogens is 470 g/mol. The fraction of sp³-hybridized carbons (Fsp3) is 1.00. The molecule has 0 radical (unpaired) electrons. The van der Waals surface area contributed by atoms with Crippen molar-refractivity contribution < 1.29 is 0 Å². The van der Waals surface area contributed by atoms with Crippen LogP contribution in [0.3, 0.4) is 0 Å². The third-order valence-corrected chi connectivity index (χ3v) is 8.98. The van der Waals surface area contributed by atoms with E-state index < -0.39 is 0 Å². The van der Waals surface area contributed by atoms with Gasteiger partial charge in [0.1, 0.15) is 0 Å². The largest absolute Gasteiger partial charge is 0.303 e.